The lowest BCUT2D eigenvalue weighted by atomic mass is 9.96. The summed E-state index contributed by atoms with van der Waals surface area (Å²) in [6, 6.07) is 5.04. The molecule has 0 aromatic heterocycles. The van der Waals surface area contributed by atoms with Gasteiger partial charge in [-0.25, -0.2) is 0 Å². The smallest absolute Gasteiger partial charge is 0.0339 e. The molecule has 1 aliphatic heterocycles. The standard InChI is InChI=1S/C12H17NS/c1-8-4-5-9(2)12-11(8)10(13-3)6-7-14-12/h4-5,10,13H,6-7H2,1-3H3. The molecular formula is C12H17NS. The number of nitrogens with one attached hydrogen (secondary N) is 1. The van der Waals surface area contributed by atoms with Crippen molar-refractivity contribution < 1.29 is 0 Å². The average Bonchev–Trinajstić information content (AvgIpc) is 2.23. The minimum atomic E-state index is 0.561. The maximum atomic E-state index is 3.41. The van der Waals surface area contributed by atoms with Crippen LogP contribution >= 0.6 is 11.8 Å². The third kappa shape index (κ3) is 1.57. The van der Waals surface area contributed by atoms with Crippen molar-refractivity contribution in [1.82, 2.24) is 5.32 Å². The quantitative estimate of drug-likeness (QED) is 0.759. The van der Waals surface area contributed by atoms with Crippen molar-refractivity contribution in [3.05, 3.63) is 28.8 Å². The average molecular weight is 207 g/mol. The molecule has 1 nitrogen and oxygen atoms in total. The zero-order chi connectivity index (χ0) is 10.1. The molecule has 1 atom stereocenters. The second-order valence-corrected chi connectivity index (χ2v) is 5.03. The van der Waals surface area contributed by atoms with Crippen LogP contribution in [0.5, 0.6) is 0 Å². The van der Waals surface area contributed by atoms with E-state index in [0.29, 0.717) is 6.04 Å². The Morgan fingerprint density at radius 2 is 2.00 bits per heavy atom. The molecule has 0 amide bonds. The molecule has 2 heteroatoms. The SMILES string of the molecule is CNC1CCSc2c(C)ccc(C)c21. The van der Waals surface area contributed by atoms with Crippen LogP contribution in [-0.2, 0) is 0 Å². The van der Waals surface area contributed by atoms with Crippen LogP contribution in [0, 0.1) is 13.8 Å². The Kier molecular flexibility index (Phi) is 2.84. The van der Waals surface area contributed by atoms with E-state index in [-0.39, 0.29) is 0 Å². The first-order valence-electron chi connectivity index (χ1n) is 5.14. The maximum absolute atomic E-state index is 3.41. The van der Waals surface area contributed by atoms with Gasteiger partial charge in [0, 0.05) is 10.9 Å². The highest BCUT2D eigenvalue weighted by molar-refractivity contribution is 7.99. The van der Waals surface area contributed by atoms with E-state index in [0.717, 1.165) is 0 Å². The van der Waals surface area contributed by atoms with Gasteiger partial charge in [0.05, 0.1) is 0 Å². The Morgan fingerprint density at radius 1 is 1.29 bits per heavy atom. The third-order valence-electron chi connectivity index (χ3n) is 2.96. The lowest BCUT2D eigenvalue weighted by molar-refractivity contribution is 0.560. The van der Waals surface area contributed by atoms with Crippen LogP contribution in [-0.4, -0.2) is 12.8 Å². The molecule has 2 rings (SSSR count). The first-order chi connectivity index (χ1) is 6.74. The summed E-state index contributed by atoms with van der Waals surface area (Å²) in [5, 5.41) is 3.41. The van der Waals surface area contributed by atoms with E-state index in [4.69, 9.17) is 0 Å². The summed E-state index contributed by atoms with van der Waals surface area (Å²) in [5.41, 5.74) is 4.39. The lowest BCUT2D eigenvalue weighted by Gasteiger charge is -2.27. The van der Waals surface area contributed by atoms with E-state index in [1.54, 1.807) is 0 Å². The van der Waals surface area contributed by atoms with Crippen molar-refractivity contribution in [2.24, 2.45) is 0 Å². The van der Waals surface area contributed by atoms with Crippen molar-refractivity contribution in [1.29, 1.82) is 0 Å². The molecule has 1 aliphatic rings. The molecule has 0 saturated carbocycles. The van der Waals surface area contributed by atoms with Gasteiger partial charge in [-0.3, -0.25) is 0 Å². The number of thioether (sulfide) groups is 1. The highest BCUT2D eigenvalue weighted by atomic mass is 32.2. The highest BCUT2D eigenvalue weighted by Gasteiger charge is 2.22. The van der Waals surface area contributed by atoms with Gasteiger partial charge in [0.15, 0.2) is 0 Å². The van der Waals surface area contributed by atoms with Gasteiger partial charge in [-0.2, -0.15) is 0 Å². The fourth-order valence-corrected chi connectivity index (χ4v) is 3.46. The Balaban J connectivity index is 2.55. The summed E-state index contributed by atoms with van der Waals surface area (Å²) >= 11 is 2.01. The predicted molar refractivity (Wildman–Crippen MR) is 63.1 cm³/mol. The first-order valence-corrected chi connectivity index (χ1v) is 6.12. The molecule has 76 valence electrons. The highest BCUT2D eigenvalue weighted by Crippen LogP contribution is 2.39. The van der Waals surface area contributed by atoms with Crippen LogP contribution < -0.4 is 5.32 Å². The van der Waals surface area contributed by atoms with Crippen molar-refractivity contribution >= 4 is 11.8 Å². The Bertz CT molecular complexity index is 346. The van der Waals surface area contributed by atoms with Gasteiger partial charge in [-0.05, 0) is 49.8 Å². The Labute approximate surface area is 90.3 Å². The minimum absolute atomic E-state index is 0.561. The zero-order valence-electron chi connectivity index (χ0n) is 9.05. The van der Waals surface area contributed by atoms with Gasteiger partial charge in [-0.15, -0.1) is 11.8 Å². The van der Waals surface area contributed by atoms with E-state index in [2.05, 4.69) is 38.3 Å². The normalized spacial score (nSPS) is 20.6. The fraction of sp³-hybridized carbons (Fsp3) is 0.500. The number of aryl methyl sites for hydroxylation is 2. The maximum Gasteiger partial charge on any atom is 0.0339 e. The summed E-state index contributed by atoms with van der Waals surface area (Å²) in [4.78, 5) is 1.51. The Hall–Kier alpha value is -0.470. The van der Waals surface area contributed by atoms with E-state index in [1.165, 1.54) is 33.8 Å². The van der Waals surface area contributed by atoms with Gasteiger partial charge >= 0.3 is 0 Å². The van der Waals surface area contributed by atoms with Gasteiger partial charge < -0.3 is 5.32 Å². The van der Waals surface area contributed by atoms with E-state index < -0.39 is 0 Å². The van der Waals surface area contributed by atoms with E-state index in [9.17, 15) is 0 Å². The van der Waals surface area contributed by atoms with Crippen LogP contribution in [0.4, 0.5) is 0 Å². The number of hydrogen-bond donors (Lipinski definition) is 1. The molecule has 0 aliphatic carbocycles. The van der Waals surface area contributed by atoms with Crippen LogP contribution in [0.3, 0.4) is 0 Å². The summed E-state index contributed by atoms with van der Waals surface area (Å²) in [7, 11) is 2.06. The van der Waals surface area contributed by atoms with Crippen molar-refractivity contribution in [3.8, 4) is 0 Å². The van der Waals surface area contributed by atoms with Gasteiger partial charge in [-0.1, -0.05) is 12.1 Å². The van der Waals surface area contributed by atoms with Gasteiger partial charge in [0.2, 0.25) is 0 Å². The molecule has 1 aromatic carbocycles. The molecule has 0 fully saturated rings. The van der Waals surface area contributed by atoms with Crippen molar-refractivity contribution in [3.63, 3.8) is 0 Å². The molecule has 1 heterocycles. The monoisotopic (exact) mass is 207 g/mol. The fourth-order valence-electron chi connectivity index (χ4n) is 2.14. The predicted octanol–water partition coefficient (Wildman–Crippen LogP) is 3.06. The third-order valence-corrected chi connectivity index (χ3v) is 4.23. The largest absolute Gasteiger partial charge is 0.313 e. The lowest BCUT2D eigenvalue weighted by Crippen LogP contribution is -2.22. The molecule has 1 N–H and O–H groups in total. The van der Waals surface area contributed by atoms with Crippen LogP contribution in [0.15, 0.2) is 17.0 Å². The van der Waals surface area contributed by atoms with Crippen LogP contribution in [0.1, 0.15) is 29.2 Å². The van der Waals surface area contributed by atoms with Crippen molar-refractivity contribution in [2.45, 2.75) is 31.2 Å². The number of hydrogen-bond acceptors (Lipinski definition) is 2. The molecule has 14 heavy (non-hydrogen) atoms. The molecule has 1 aromatic rings. The molecular weight excluding hydrogens is 190 g/mol. The van der Waals surface area contributed by atoms with Gasteiger partial charge in [0.1, 0.15) is 0 Å². The molecule has 0 radical (unpaired) electrons. The zero-order valence-corrected chi connectivity index (χ0v) is 9.87. The summed E-state index contributed by atoms with van der Waals surface area (Å²) < 4.78 is 0. The van der Waals surface area contributed by atoms with Crippen LogP contribution in [0.25, 0.3) is 0 Å². The van der Waals surface area contributed by atoms with E-state index >= 15 is 0 Å². The van der Waals surface area contributed by atoms with Crippen LogP contribution in [0.2, 0.25) is 0 Å². The summed E-state index contributed by atoms with van der Waals surface area (Å²) in [5.74, 6) is 1.24. The van der Waals surface area contributed by atoms with E-state index in [1.807, 2.05) is 11.8 Å². The Morgan fingerprint density at radius 3 is 2.71 bits per heavy atom. The second-order valence-electron chi connectivity index (χ2n) is 3.92. The molecule has 0 saturated heterocycles. The topological polar surface area (TPSA) is 12.0 Å². The van der Waals surface area contributed by atoms with Crippen molar-refractivity contribution in [2.75, 3.05) is 12.8 Å². The second kappa shape index (κ2) is 3.95. The number of fused-ring (bicyclic) bond motifs is 1. The molecule has 1 unspecified atom stereocenters. The minimum Gasteiger partial charge on any atom is -0.313 e. The molecule has 0 spiro atoms. The summed E-state index contributed by atoms with van der Waals surface area (Å²) in [6.45, 7) is 4.43. The molecule has 0 bridgehead atoms. The number of benzene rings is 1. The first kappa shape index (κ1) is 10.1. The summed E-state index contributed by atoms with van der Waals surface area (Å²) in [6.07, 6.45) is 1.25. The number of rotatable bonds is 1. The van der Waals surface area contributed by atoms with Gasteiger partial charge in [0.25, 0.3) is 0 Å².